The fraction of sp³-hybridized carbons (Fsp3) is 0.250. The lowest BCUT2D eigenvalue weighted by atomic mass is 10.0. The van der Waals surface area contributed by atoms with E-state index in [0.29, 0.717) is 16.8 Å². The third-order valence-electron chi connectivity index (χ3n) is 4.43. The second-order valence-electron chi connectivity index (χ2n) is 6.36. The maximum absolute atomic E-state index is 14.0. The number of rotatable bonds is 5. The van der Waals surface area contributed by atoms with E-state index in [4.69, 9.17) is 4.74 Å². The molecule has 1 atom stereocenters. The summed E-state index contributed by atoms with van der Waals surface area (Å²) >= 11 is 0. The van der Waals surface area contributed by atoms with Gasteiger partial charge in [0.05, 0.1) is 5.56 Å². The van der Waals surface area contributed by atoms with Crippen LogP contribution in [0.3, 0.4) is 0 Å². The van der Waals surface area contributed by atoms with E-state index in [0.717, 1.165) is 0 Å². The lowest BCUT2D eigenvalue weighted by Crippen LogP contribution is -2.21. The number of amides is 2. The quantitative estimate of drug-likeness (QED) is 0.848. The molecular weight excluding hydrogens is 351 g/mol. The number of carbonyl (C=O) groups excluding carboxylic acids is 3. The Balaban J connectivity index is 1.65. The van der Waals surface area contributed by atoms with Gasteiger partial charge in [-0.05, 0) is 42.3 Å². The molecule has 2 aromatic rings. The van der Waals surface area contributed by atoms with E-state index < -0.39 is 11.7 Å². The van der Waals surface area contributed by atoms with Gasteiger partial charge in [-0.2, -0.15) is 0 Å². The van der Waals surface area contributed by atoms with Crippen LogP contribution in [0.4, 0.5) is 10.1 Å². The number of ketones is 1. The standard InChI is InChI=1S/C20H19FN2O4/c1-11-9-15(24)19-16(8-7-14(21)18(11)19)27-10-17(25)23-13-5-3-12(4-6-13)20(26)22-2/h3-8,11H,9-10H2,1-2H3,(H,22,26)(H,23,25)/t11-/m1/s1. The number of hydrogen-bond acceptors (Lipinski definition) is 4. The Hall–Kier alpha value is -3.22. The molecule has 0 unspecified atom stereocenters. The number of benzene rings is 2. The molecule has 2 aromatic carbocycles. The highest BCUT2D eigenvalue weighted by Crippen LogP contribution is 2.39. The minimum Gasteiger partial charge on any atom is -0.483 e. The Morgan fingerprint density at radius 1 is 1.19 bits per heavy atom. The number of fused-ring (bicyclic) bond motifs is 1. The van der Waals surface area contributed by atoms with Gasteiger partial charge in [0.25, 0.3) is 11.8 Å². The lowest BCUT2D eigenvalue weighted by Gasteiger charge is -2.12. The predicted molar refractivity (Wildman–Crippen MR) is 97.7 cm³/mol. The van der Waals surface area contributed by atoms with Crippen molar-refractivity contribution in [3.63, 3.8) is 0 Å². The van der Waals surface area contributed by atoms with Crippen molar-refractivity contribution >= 4 is 23.3 Å². The van der Waals surface area contributed by atoms with Crippen LogP contribution in [0.15, 0.2) is 36.4 Å². The number of Topliss-reactive ketones (excluding diaryl/α,β-unsaturated/α-hetero) is 1. The summed E-state index contributed by atoms with van der Waals surface area (Å²) in [6.45, 7) is 1.46. The molecule has 7 heteroatoms. The van der Waals surface area contributed by atoms with Crippen molar-refractivity contribution in [3.05, 3.63) is 58.9 Å². The zero-order chi connectivity index (χ0) is 19.6. The Morgan fingerprint density at radius 2 is 1.89 bits per heavy atom. The normalized spacial score (nSPS) is 15.2. The molecule has 0 bridgehead atoms. The predicted octanol–water partition coefficient (Wildman–Crippen LogP) is 2.89. The van der Waals surface area contributed by atoms with E-state index in [2.05, 4.69) is 10.6 Å². The molecule has 0 saturated heterocycles. The van der Waals surface area contributed by atoms with Crippen molar-refractivity contribution in [2.24, 2.45) is 0 Å². The molecule has 0 aliphatic heterocycles. The number of carbonyl (C=O) groups is 3. The van der Waals surface area contributed by atoms with Crippen LogP contribution in [-0.4, -0.2) is 31.3 Å². The van der Waals surface area contributed by atoms with E-state index >= 15 is 0 Å². The minimum atomic E-state index is -0.434. The molecule has 0 saturated carbocycles. The topological polar surface area (TPSA) is 84.5 Å². The van der Waals surface area contributed by atoms with Gasteiger partial charge >= 0.3 is 0 Å². The molecular formula is C20H19FN2O4. The summed E-state index contributed by atoms with van der Waals surface area (Å²) in [5, 5.41) is 5.15. The smallest absolute Gasteiger partial charge is 0.262 e. The minimum absolute atomic E-state index is 0.183. The monoisotopic (exact) mass is 370 g/mol. The summed E-state index contributed by atoms with van der Waals surface area (Å²) in [5.41, 5.74) is 1.56. The Morgan fingerprint density at radius 3 is 2.56 bits per heavy atom. The van der Waals surface area contributed by atoms with Crippen molar-refractivity contribution in [3.8, 4) is 5.75 Å². The first-order valence-electron chi connectivity index (χ1n) is 8.51. The summed E-state index contributed by atoms with van der Waals surface area (Å²) in [7, 11) is 1.53. The summed E-state index contributed by atoms with van der Waals surface area (Å²) in [6, 6.07) is 8.99. The zero-order valence-electron chi connectivity index (χ0n) is 15.0. The number of anilines is 1. The van der Waals surface area contributed by atoms with Gasteiger partial charge in [-0.1, -0.05) is 6.92 Å². The first-order chi connectivity index (χ1) is 12.9. The molecule has 3 rings (SSSR count). The van der Waals surface area contributed by atoms with Gasteiger partial charge in [0.2, 0.25) is 0 Å². The molecule has 140 valence electrons. The van der Waals surface area contributed by atoms with Gasteiger partial charge in [0.1, 0.15) is 11.6 Å². The molecule has 27 heavy (non-hydrogen) atoms. The van der Waals surface area contributed by atoms with Crippen LogP contribution in [0.1, 0.15) is 45.5 Å². The zero-order valence-corrected chi connectivity index (χ0v) is 15.0. The molecule has 0 spiro atoms. The fourth-order valence-electron chi connectivity index (χ4n) is 3.14. The molecule has 1 aliphatic rings. The first kappa shape index (κ1) is 18.6. The molecule has 0 heterocycles. The average Bonchev–Trinajstić information content (AvgIpc) is 2.96. The van der Waals surface area contributed by atoms with Crippen molar-refractivity contribution < 1.29 is 23.5 Å². The van der Waals surface area contributed by atoms with Crippen LogP contribution in [0.5, 0.6) is 5.75 Å². The summed E-state index contributed by atoms with van der Waals surface area (Å²) in [6.07, 6.45) is 0.233. The number of ether oxygens (including phenoxy) is 1. The Kier molecular flexibility index (Phi) is 5.21. The van der Waals surface area contributed by atoms with Gasteiger partial charge in [-0.3, -0.25) is 14.4 Å². The van der Waals surface area contributed by atoms with Crippen molar-refractivity contribution in [1.29, 1.82) is 0 Å². The average molecular weight is 370 g/mol. The van der Waals surface area contributed by atoms with Crippen LogP contribution >= 0.6 is 0 Å². The van der Waals surface area contributed by atoms with Crippen molar-refractivity contribution in [2.75, 3.05) is 19.0 Å². The van der Waals surface area contributed by atoms with Gasteiger partial charge in [-0.25, -0.2) is 4.39 Å². The molecule has 0 aromatic heterocycles. The van der Waals surface area contributed by atoms with Gasteiger partial charge in [0, 0.05) is 30.3 Å². The second-order valence-corrected chi connectivity index (χ2v) is 6.36. The third kappa shape index (κ3) is 3.81. The van der Waals surface area contributed by atoms with Gasteiger partial charge in [0.15, 0.2) is 12.4 Å². The molecule has 6 nitrogen and oxygen atoms in total. The first-order valence-corrected chi connectivity index (χ1v) is 8.51. The molecule has 0 radical (unpaired) electrons. The van der Waals surface area contributed by atoms with E-state index in [1.807, 2.05) is 0 Å². The third-order valence-corrected chi connectivity index (χ3v) is 4.43. The van der Waals surface area contributed by atoms with E-state index in [1.165, 1.54) is 19.2 Å². The highest BCUT2D eigenvalue weighted by molar-refractivity contribution is 6.04. The van der Waals surface area contributed by atoms with Crippen LogP contribution in [0, 0.1) is 5.82 Å². The maximum Gasteiger partial charge on any atom is 0.262 e. The van der Waals surface area contributed by atoms with E-state index in [-0.39, 0.29) is 41.9 Å². The van der Waals surface area contributed by atoms with E-state index in [9.17, 15) is 18.8 Å². The lowest BCUT2D eigenvalue weighted by molar-refractivity contribution is -0.118. The highest BCUT2D eigenvalue weighted by Gasteiger charge is 2.32. The molecule has 0 fully saturated rings. The summed E-state index contributed by atoms with van der Waals surface area (Å²) in [5.74, 6) is -1.26. The number of nitrogens with one attached hydrogen (secondary N) is 2. The maximum atomic E-state index is 14.0. The number of hydrogen-bond donors (Lipinski definition) is 2. The van der Waals surface area contributed by atoms with Crippen LogP contribution < -0.4 is 15.4 Å². The molecule has 1 aliphatic carbocycles. The van der Waals surface area contributed by atoms with Crippen LogP contribution in [0.2, 0.25) is 0 Å². The Labute approximate surface area is 155 Å². The van der Waals surface area contributed by atoms with Crippen LogP contribution in [-0.2, 0) is 4.79 Å². The largest absolute Gasteiger partial charge is 0.483 e. The van der Waals surface area contributed by atoms with E-state index in [1.54, 1.807) is 31.2 Å². The number of halogens is 1. The van der Waals surface area contributed by atoms with Gasteiger partial charge in [-0.15, -0.1) is 0 Å². The summed E-state index contributed by atoms with van der Waals surface area (Å²) in [4.78, 5) is 35.7. The van der Waals surface area contributed by atoms with Crippen molar-refractivity contribution in [2.45, 2.75) is 19.3 Å². The van der Waals surface area contributed by atoms with Crippen molar-refractivity contribution in [1.82, 2.24) is 5.32 Å². The summed E-state index contributed by atoms with van der Waals surface area (Å²) < 4.78 is 19.5. The highest BCUT2D eigenvalue weighted by atomic mass is 19.1. The molecule has 2 N–H and O–H groups in total. The second kappa shape index (κ2) is 7.57. The Bertz CT molecular complexity index is 909. The van der Waals surface area contributed by atoms with Crippen LogP contribution in [0.25, 0.3) is 0 Å². The van der Waals surface area contributed by atoms with Gasteiger partial charge < -0.3 is 15.4 Å². The SMILES string of the molecule is CNC(=O)c1ccc(NC(=O)COc2ccc(F)c3c2C(=O)C[C@H]3C)cc1. The molecule has 2 amide bonds. The fourth-order valence-corrected chi connectivity index (χ4v) is 3.14.